The molecular formula is C10H13NO4. The molecule has 1 unspecified atom stereocenters. The van der Waals surface area contributed by atoms with E-state index in [9.17, 15) is 9.90 Å². The van der Waals surface area contributed by atoms with Crippen LogP contribution in [0.15, 0.2) is 18.2 Å². The third-order valence-electron chi connectivity index (χ3n) is 2.08. The predicted molar refractivity (Wildman–Crippen MR) is 53.6 cm³/mol. The normalized spacial score (nSPS) is 12.3. The van der Waals surface area contributed by atoms with Crippen molar-refractivity contribution in [3.63, 3.8) is 0 Å². The van der Waals surface area contributed by atoms with Crippen molar-refractivity contribution in [1.82, 2.24) is 0 Å². The Balaban J connectivity index is 2.73. The van der Waals surface area contributed by atoms with Crippen LogP contribution in [0.1, 0.15) is 24.4 Å². The van der Waals surface area contributed by atoms with E-state index < -0.39 is 12.0 Å². The maximum atomic E-state index is 10.3. The molecule has 1 aromatic carbocycles. The number of carbonyl (C=O) groups is 1. The maximum absolute atomic E-state index is 10.3. The van der Waals surface area contributed by atoms with Crippen LogP contribution in [0.4, 0.5) is 0 Å². The lowest BCUT2D eigenvalue weighted by atomic mass is 10.0. The van der Waals surface area contributed by atoms with Gasteiger partial charge in [0.05, 0.1) is 0 Å². The van der Waals surface area contributed by atoms with Gasteiger partial charge in [-0.1, -0.05) is 6.07 Å². The van der Waals surface area contributed by atoms with Gasteiger partial charge in [-0.15, -0.1) is 0 Å². The highest BCUT2D eigenvalue weighted by Gasteiger charge is 2.12. The summed E-state index contributed by atoms with van der Waals surface area (Å²) >= 11 is 0. The van der Waals surface area contributed by atoms with Crippen LogP contribution in [0.3, 0.4) is 0 Å². The van der Waals surface area contributed by atoms with E-state index in [-0.39, 0.29) is 24.3 Å². The van der Waals surface area contributed by atoms with Gasteiger partial charge in [-0.3, -0.25) is 4.79 Å². The molecule has 82 valence electrons. The highest BCUT2D eigenvalue weighted by atomic mass is 16.4. The minimum absolute atomic E-state index is 0.0540. The Hall–Kier alpha value is -1.75. The molecule has 5 heteroatoms. The van der Waals surface area contributed by atoms with Crippen LogP contribution in [0.5, 0.6) is 11.5 Å². The summed E-state index contributed by atoms with van der Waals surface area (Å²) in [6.45, 7) is 0. The van der Waals surface area contributed by atoms with E-state index in [1.165, 1.54) is 18.2 Å². The van der Waals surface area contributed by atoms with E-state index >= 15 is 0 Å². The number of carboxylic acids is 1. The van der Waals surface area contributed by atoms with E-state index in [1.54, 1.807) is 0 Å². The summed E-state index contributed by atoms with van der Waals surface area (Å²) in [5.74, 6) is -1.10. The molecular weight excluding hydrogens is 198 g/mol. The summed E-state index contributed by atoms with van der Waals surface area (Å²) in [5.41, 5.74) is 6.13. The van der Waals surface area contributed by atoms with E-state index in [4.69, 9.17) is 15.9 Å². The number of rotatable bonds is 4. The fourth-order valence-corrected chi connectivity index (χ4v) is 1.28. The van der Waals surface area contributed by atoms with Gasteiger partial charge in [-0.05, 0) is 12.5 Å². The molecule has 0 saturated carbocycles. The Kier molecular flexibility index (Phi) is 3.51. The molecule has 15 heavy (non-hydrogen) atoms. The van der Waals surface area contributed by atoms with E-state index in [0.717, 1.165) is 0 Å². The number of aromatic hydroxyl groups is 2. The first kappa shape index (κ1) is 11.3. The number of phenols is 2. The highest BCUT2D eigenvalue weighted by molar-refractivity contribution is 5.66. The van der Waals surface area contributed by atoms with Crippen molar-refractivity contribution in [3.05, 3.63) is 23.8 Å². The van der Waals surface area contributed by atoms with E-state index in [0.29, 0.717) is 5.56 Å². The molecule has 0 heterocycles. The molecule has 0 bridgehead atoms. The molecule has 0 saturated heterocycles. The molecule has 0 aromatic heterocycles. The summed E-state index contributed by atoms with van der Waals surface area (Å²) in [7, 11) is 0. The van der Waals surface area contributed by atoms with Gasteiger partial charge in [0.1, 0.15) is 11.5 Å². The Labute approximate surface area is 86.8 Å². The zero-order valence-corrected chi connectivity index (χ0v) is 8.05. The van der Waals surface area contributed by atoms with Gasteiger partial charge in [0.15, 0.2) is 0 Å². The third kappa shape index (κ3) is 3.14. The molecule has 0 radical (unpaired) electrons. The van der Waals surface area contributed by atoms with Crippen molar-refractivity contribution in [2.75, 3.05) is 0 Å². The molecule has 0 aliphatic rings. The van der Waals surface area contributed by atoms with Crippen LogP contribution in [0.2, 0.25) is 0 Å². The second-order valence-corrected chi connectivity index (χ2v) is 3.28. The Morgan fingerprint density at radius 1 is 1.40 bits per heavy atom. The summed E-state index contributed by atoms with van der Waals surface area (Å²) in [4.78, 5) is 10.3. The van der Waals surface area contributed by atoms with Gasteiger partial charge < -0.3 is 21.1 Å². The average molecular weight is 211 g/mol. The van der Waals surface area contributed by atoms with Crippen molar-refractivity contribution < 1.29 is 20.1 Å². The van der Waals surface area contributed by atoms with Crippen LogP contribution >= 0.6 is 0 Å². The second kappa shape index (κ2) is 4.65. The molecule has 1 rings (SSSR count). The SMILES string of the molecule is NC(CCC(=O)O)c1ccc(O)cc1O. The zero-order valence-electron chi connectivity index (χ0n) is 8.05. The molecule has 0 spiro atoms. The van der Waals surface area contributed by atoms with E-state index in [1.807, 2.05) is 0 Å². The number of nitrogens with two attached hydrogens (primary N) is 1. The maximum Gasteiger partial charge on any atom is 0.303 e. The lowest BCUT2D eigenvalue weighted by molar-refractivity contribution is -0.137. The third-order valence-corrected chi connectivity index (χ3v) is 2.08. The number of benzene rings is 1. The number of hydrogen-bond donors (Lipinski definition) is 4. The van der Waals surface area contributed by atoms with Gasteiger partial charge in [0.25, 0.3) is 0 Å². The summed E-state index contributed by atoms with van der Waals surface area (Å²) in [5, 5.41) is 26.9. The Morgan fingerprint density at radius 3 is 2.60 bits per heavy atom. The largest absolute Gasteiger partial charge is 0.508 e. The van der Waals surface area contributed by atoms with Gasteiger partial charge in [0.2, 0.25) is 0 Å². The lowest BCUT2D eigenvalue weighted by Crippen LogP contribution is -2.12. The molecule has 0 aliphatic heterocycles. The van der Waals surface area contributed by atoms with Gasteiger partial charge in [-0.25, -0.2) is 0 Å². The fourth-order valence-electron chi connectivity index (χ4n) is 1.28. The average Bonchev–Trinajstić information content (AvgIpc) is 2.14. The Bertz CT molecular complexity index is 364. The highest BCUT2D eigenvalue weighted by Crippen LogP contribution is 2.28. The van der Waals surface area contributed by atoms with Crippen LogP contribution in [0, 0.1) is 0 Å². The zero-order chi connectivity index (χ0) is 11.4. The summed E-state index contributed by atoms with van der Waals surface area (Å²) in [6.07, 6.45) is 0.190. The summed E-state index contributed by atoms with van der Waals surface area (Å²) in [6, 6.07) is 3.52. The smallest absolute Gasteiger partial charge is 0.303 e. The molecule has 1 aromatic rings. The number of carboxylic acid groups (broad SMARTS) is 1. The number of aliphatic carboxylic acids is 1. The van der Waals surface area contributed by atoms with Crippen molar-refractivity contribution in [3.8, 4) is 11.5 Å². The van der Waals surface area contributed by atoms with Crippen molar-refractivity contribution in [1.29, 1.82) is 0 Å². The standard InChI is InChI=1S/C10H13NO4/c11-8(3-4-10(14)15)7-2-1-6(12)5-9(7)13/h1-2,5,8,12-13H,3-4,11H2,(H,14,15). The number of hydrogen-bond acceptors (Lipinski definition) is 4. The second-order valence-electron chi connectivity index (χ2n) is 3.28. The topological polar surface area (TPSA) is 104 Å². The van der Waals surface area contributed by atoms with Crippen molar-refractivity contribution >= 4 is 5.97 Å². The van der Waals surface area contributed by atoms with Crippen molar-refractivity contribution in [2.24, 2.45) is 5.73 Å². The van der Waals surface area contributed by atoms with Gasteiger partial charge in [-0.2, -0.15) is 0 Å². The Morgan fingerprint density at radius 2 is 2.07 bits per heavy atom. The predicted octanol–water partition coefficient (Wildman–Crippen LogP) is 0.962. The van der Waals surface area contributed by atoms with E-state index in [2.05, 4.69) is 0 Å². The van der Waals surface area contributed by atoms with Crippen LogP contribution in [-0.4, -0.2) is 21.3 Å². The van der Waals surface area contributed by atoms with Crippen LogP contribution < -0.4 is 5.73 Å². The first-order valence-corrected chi connectivity index (χ1v) is 4.50. The minimum Gasteiger partial charge on any atom is -0.508 e. The van der Waals surface area contributed by atoms with Gasteiger partial charge in [0, 0.05) is 24.1 Å². The monoisotopic (exact) mass is 211 g/mol. The molecule has 0 aliphatic carbocycles. The molecule has 1 atom stereocenters. The molecule has 0 fully saturated rings. The van der Waals surface area contributed by atoms with Crippen LogP contribution in [0.25, 0.3) is 0 Å². The molecule has 5 nitrogen and oxygen atoms in total. The van der Waals surface area contributed by atoms with Crippen LogP contribution in [-0.2, 0) is 4.79 Å². The quantitative estimate of drug-likeness (QED) is 0.594. The minimum atomic E-state index is -0.927. The lowest BCUT2D eigenvalue weighted by Gasteiger charge is -2.12. The number of phenolic OH excluding ortho intramolecular Hbond substituents is 2. The first-order chi connectivity index (χ1) is 7.00. The molecule has 0 amide bonds. The van der Waals surface area contributed by atoms with Gasteiger partial charge >= 0.3 is 5.97 Å². The molecule has 5 N–H and O–H groups in total. The fraction of sp³-hybridized carbons (Fsp3) is 0.300. The van der Waals surface area contributed by atoms with Crippen molar-refractivity contribution in [2.45, 2.75) is 18.9 Å². The summed E-state index contributed by atoms with van der Waals surface area (Å²) < 4.78 is 0. The first-order valence-electron chi connectivity index (χ1n) is 4.50.